The van der Waals surface area contributed by atoms with Crippen molar-refractivity contribution in [3.05, 3.63) is 47.2 Å². The summed E-state index contributed by atoms with van der Waals surface area (Å²) < 4.78 is 0. The summed E-state index contributed by atoms with van der Waals surface area (Å²) >= 11 is 0. The maximum Gasteiger partial charge on any atom is 0.0882 e. The summed E-state index contributed by atoms with van der Waals surface area (Å²) in [6.07, 6.45) is 15.8. The summed E-state index contributed by atoms with van der Waals surface area (Å²) in [6.45, 7) is 0. The maximum atomic E-state index is 6.19. The van der Waals surface area contributed by atoms with Crippen LogP contribution in [0.2, 0.25) is 0 Å². The van der Waals surface area contributed by atoms with Crippen LogP contribution in [0, 0.1) is 0 Å². The average molecular weight is 200 g/mol. The van der Waals surface area contributed by atoms with Crippen LogP contribution in [0.15, 0.2) is 47.2 Å². The minimum absolute atomic E-state index is 0.270. The molecule has 0 saturated heterocycles. The molecule has 0 bridgehead atoms. The van der Waals surface area contributed by atoms with Gasteiger partial charge in [-0.2, -0.15) is 0 Å². The minimum Gasteiger partial charge on any atom is -0.304 e. The van der Waals surface area contributed by atoms with Crippen LogP contribution >= 0.6 is 0 Å². The van der Waals surface area contributed by atoms with E-state index in [4.69, 9.17) is 5.84 Å². The van der Waals surface area contributed by atoms with Gasteiger partial charge in [0.05, 0.1) is 6.04 Å². The van der Waals surface area contributed by atoms with Crippen LogP contribution in [0.4, 0.5) is 0 Å². The van der Waals surface area contributed by atoms with Crippen molar-refractivity contribution in [1.29, 1.82) is 0 Å². The van der Waals surface area contributed by atoms with E-state index in [1.807, 2.05) is 5.01 Å². The molecule has 0 aromatic heterocycles. The van der Waals surface area contributed by atoms with Gasteiger partial charge in [0, 0.05) is 5.70 Å². The summed E-state index contributed by atoms with van der Waals surface area (Å²) in [4.78, 5) is 0. The van der Waals surface area contributed by atoms with Crippen LogP contribution in [-0.4, -0.2) is 11.1 Å². The Morgan fingerprint density at radius 3 is 3.00 bits per heavy atom. The fraction of sp³-hybridized carbons (Fsp3) is 0.385. The van der Waals surface area contributed by atoms with Gasteiger partial charge in [0.2, 0.25) is 0 Å². The monoisotopic (exact) mass is 200 g/mol. The van der Waals surface area contributed by atoms with Crippen molar-refractivity contribution in [3.8, 4) is 0 Å². The van der Waals surface area contributed by atoms with E-state index in [9.17, 15) is 0 Å². The van der Waals surface area contributed by atoms with E-state index >= 15 is 0 Å². The van der Waals surface area contributed by atoms with E-state index in [1.165, 1.54) is 36.1 Å². The van der Waals surface area contributed by atoms with Gasteiger partial charge in [-0.15, -0.1) is 0 Å². The van der Waals surface area contributed by atoms with Crippen molar-refractivity contribution >= 4 is 0 Å². The first kappa shape index (κ1) is 8.98. The Kier molecular flexibility index (Phi) is 2.03. The van der Waals surface area contributed by atoms with Gasteiger partial charge in [-0.3, -0.25) is 0 Å². The van der Waals surface area contributed by atoms with Crippen LogP contribution in [-0.2, 0) is 0 Å². The van der Waals surface area contributed by atoms with Crippen molar-refractivity contribution in [3.63, 3.8) is 0 Å². The molecule has 78 valence electrons. The summed E-state index contributed by atoms with van der Waals surface area (Å²) in [5.74, 6) is 6.19. The molecule has 2 nitrogen and oxygen atoms in total. The van der Waals surface area contributed by atoms with E-state index in [0.29, 0.717) is 0 Å². The molecule has 1 unspecified atom stereocenters. The summed E-state index contributed by atoms with van der Waals surface area (Å²) in [5.41, 5.74) is 4.14. The van der Waals surface area contributed by atoms with Gasteiger partial charge in [-0.25, -0.2) is 5.84 Å². The topological polar surface area (TPSA) is 29.3 Å². The molecular weight excluding hydrogens is 184 g/mol. The Hall–Kier alpha value is -1.28. The molecule has 2 aliphatic carbocycles. The lowest BCUT2D eigenvalue weighted by Gasteiger charge is -2.38. The third-order valence-corrected chi connectivity index (χ3v) is 3.47. The van der Waals surface area contributed by atoms with Crippen molar-refractivity contribution in [2.75, 3.05) is 0 Å². The summed E-state index contributed by atoms with van der Waals surface area (Å²) in [6, 6.07) is 0.270. The van der Waals surface area contributed by atoms with Crippen LogP contribution in [0.1, 0.15) is 25.7 Å². The Morgan fingerprint density at radius 2 is 2.07 bits per heavy atom. The van der Waals surface area contributed by atoms with Crippen LogP contribution in [0.25, 0.3) is 0 Å². The zero-order valence-electron chi connectivity index (χ0n) is 8.82. The molecule has 3 rings (SSSR count). The lowest BCUT2D eigenvalue weighted by Crippen LogP contribution is -2.43. The molecule has 1 heterocycles. The van der Waals surface area contributed by atoms with Crippen molar-refractivity contribution in [2.24, 2.45) is 5.84 Å². The lowest BCUT2D eigenvalue weighted by atomic mass is 9.87. The molecule has 15 heavy (non-hydrogen) atoms. The van der Waals surface area contributed by atoms with Gasteiger partial charge in [0.1, 0.15) is 0 Å². The zero-order chi connectivity index (χ0) is 10.3. The van der Waals surface area contributed by atoms with E-state index in [2.05, 4.69) is 30.4 Å². The highest BCUT2D eigenvalue weighted by molar-refractivity contribution is 5.46. The molecule has 0 saturated carbocycles. The van der Waals surface area contributed by atoms with Gasteiger partial charge >= 0.3 is 0 Å². The molecule has 0 spiro atoms. The minimum atomic E-state index is 0.270. The fourth-order valence-corrected chi connectivity index (χ4v) is 2.66. The van der Waals surface area contributed by atoms with Gasteiger partial charge in [0.25, 0.3) is 0 Å². The number of fused-ring (bicyclic) bond motifs is 1. The number of hydrazine groups is 1. The highest BCUT2D eigenvalue weighted by Crippen LogP contribution is 2.35. The molecule has 3 aliphatic rings. The number of nitrogens with two attached hydrogens (primary N) is 1. The summed E-state index contributed by atoms with van der Waals surface area (Å²) in [7, 11) is 0. The van der Waals surface area contributed by atoms with Crippen LogP contribution in [0.5, 0.6) is 0 Å². The maximum absolute atomic E-state index is 6.19. The number of hydrogen-bond acceptors (Lipinski definition) is 2. The fourth-order valence-electron chi connectivity index (χ4n) is 2.66. The zero-order valence-corrected chi connectivity index (χ0v) is 8.82. The van der Waals surface area contributed by atoms with Crippen LogP contribution < -0.4 is 5.84 Å². The van der Waals surface area contributed by atoms with E-state index in [-0.39, 0.29) is 6.04 Å². The summed E-state index contributed by atoms with van der Waals surface area (Å²) in [5, 5.41) is 1.96. The molecule has 0 amide bonds. The Labute approximate surface area is 90.4 Å². The first-order valence-corrected chi connectivity index (χ1v) is 5.69. The SMILES string of the molecule is NN1C2=C(C=C3C=CC=CC31)CCCC2. The number of hydrogen-bond donors (Lipinski definition) is 1. The molecule has 2 N–H and O–H groups in total. The third-order valence-electron chi connectivity index (χ3n) is 3.47. The molecule has 0 aromatic rings. The smallest absolute Gasteiger partial charge is 0.0882 e. The average Bonchev–Trinajstić information content (AvgIpc) is 2.30. The predicted molar refractivity (Wildman–Crippen MR) is 61.7 cm³/mol. The lowest BCUT2D eigenvalue weighted by molar-refractivity contribution is 0.301. The molecule has 1 atom stereocenters. The van der Waals surface area contributed by atoms with E-state index in [1.54, 1.807) is 0 Å². The second-order valence-electron chi connectivity index (χ2n) is 4.42. The standard InChI is InChI=1S/C13H16N2/c14-15-12-7-3-1-5-10(12)9-11-6-2-4-8-13(11)15/h1,3,5,7,9,12H,2,4,6,8,14H2. The number of rotatable bonds is 0. The van der Waals surface area contributed by atoms with Gasteiger partial charge in [-0.1, -0.05) is 30.4 Å². The Bertz CT molecular complexity index is 399. The van der Waals surface area contributed by atoms with Gasteiger partial charge in [-0.05, 0) is 36.8 Å². The second-order valence-corrected chi connectivity index (χ2v) is 4.42. The highest BCUT2D eigenvalue weighted by Gasteiger charge is 2.27. The Morgan fingerprint density at radius 1 is 1.20 bits per heavy atom. The largest absolute Gasteiger partial charge is 0.304 e. The normalized spacial score (nSPS) is 28.7. The first-order chi connectivity index (χ1) is 7.36. The molecule has 0 aromatic carbocycles. The second kappa shape index (κ2) is 3.38. The molecule has 1 aliphatic heterocycles. The molecule has 0 radical (unpaired) electrons. The van der Waals surface area contributed by atoms with E-state index < -0.39 is 0 Å². The van der Waals surface area contributed by atoms with Gasteiger partial charge in [0.15, 0.2) is 0 Å². The third kappa shape index (κ3) is 1.37. The van der Waals surface area contributed by atoms with Crippen molar-refractivity contribution in [1.82, 2.24) is 5.01 Å². The quantitative estimate of drug-likeness (QED) is 0.608. The van der Waals surface area contributed by atoms with Gasteiger partial charge < -0.3 is 5.01 Å². The highest BCUT2D eigenvalue weighted by atomic mass is 15.4. The predicted octanol–water partition coefficient (Wildman–Crippen LogP) is 2.42. The molecule has 2 heteroatoms. The number of nitrogens with zero attached hydrogens (tertiary/aromatic N) is 1. The van der Waals surface area contributed by atoms with Crippen molar-refractivity contribution < 1.29 is 0 Å². The number of allylic oxidation sites excluding steroid dienone is 5. The molecule has 0 fully saturated rings. The van der Waals surface area contributed by atoms with Crippen molar-refractivity contribution in [2.45, 2.75) is 31.7 Å². The van der Waals surface area contributed by atoms with Crippen LogP contribution in [0.3, 0.4) is 0 Å². The van der Waals surface area contributed by atoms with E-state index in [0.717, 1.165) is 6.42 Å². The first-order valence-electron chi connectivity index (χ1n) is 5.69. The molecular formula is C13H16N2. The Balaban J connectivity index is 2.04.